The first-order valence-electron chi connectivity index (χ1n) is 7.01. The van der Waals surface area contributed by atoms with Crippen molar-refractivity contribution in [2.45, 2.75) is 51.0 Å². The van der Waals surface area contributed by atoms with E-state index >= 15 is 0 Å². The fourth-order valence-electron chi connectivity index (χ4n) is 2.59. The Labute approximate surface area is 129 Å². The number of alkyl halides is 1. The third-order valence-corrected chi connectivity index (χ3v) is 4.55. The highest BCUT2D eigenvalue weighted by Crippen LogP contribution is 2.33. The highest BCUT2D eigenvalue weighted by Gasteiger charge is 2.32. The molecule has 19 heavy (non-hydrogen) atoms. The number of carbonyl (C=O) groups is 1. The fourth-order valence-corrected chi connectivity index (χ4v) is 2.97. The second-order valence-corrected chi connectivity index (χ2v) is 6.61. The number of ether oxygens (including phenoxy) is 1. The summed E-state index contributed by atoms with van der Waals surface area (Å²) in [4.78, 5) is 12.1. The maximum Gasteiger partial charge on any atom is 0.338 e. The van der Waals surface area contributed by atoms with Gasteiger partial charge in [-0.3, -0.25) is 0 Å². The lowest BCUT2D eigenvalue weighted by Crippen LogP contribution is -2.28. The zero-order valence-electron chi connectivity index (χ0n) is 11.5. The molecule has 0 heterocycles. The van der Waals surface area contributed by atoms with E-state index in [1.165, 1.54) is 29.3 Å². The van der Waals surface area contributed by atoms with Crippen LogP contribution in [0.25, 0.3) is 0 Å². The van der Waals surface area contributed by atoms with E-state index < -0.39 is 0 Å². The summed E-state index contributed by atoms with van der Waals surface area (Å²) in [5.41, 5.74) is 1.73. The number of hydrogen-bond acceptors (Lipinski definition) is 2. The van der Waals surface area contributed by atoms with Crippen molar-refractivity contribution >= 4 is 28.6 Å². The first-order valence-corrected chi connectivity index (χ1v) is 8.54. The van der Waals surface area contributed by atoms with E-state index in [1.807, 2.05) is 31.2 Å². The van der Waals surface area contributed by atoms with Gasteiger partial charge in [-0.15, -0.1) is 0 Å². The molecule has 0 aromatic heterocycles. The molecule has 1 saturated carbocycles. The van der Waals surface area contributed by atoms with Gasteiger partial charge < -0.3 is 4.74 Å². The van der Waals surface area contributed by atoms with Gasteiger partial charge in [0.2, 0.25) is 0 Å². The van der Waals surface area contributed by atoms with Crippen molar-refractivity contribution in [3.8, 4) is 0 Å². The fraction of sp³-hybridized carbons (Fsp3) is 0.562. The van der Waals surface area contributed by atoms with Gasteiger partial charge in [0.1, 0.15) is 5.60 Å². The molecule has 3 heteroatoms. The number of hydrogen-bond donors (Lipinski definition) is 0. The van der Waals surface area contributed by atoms with Crippen molar-refractivity contribution in [1.82, 2.24) is 0 Å². The molecule has 0 N–H and O–H groups in total. The van der Waals surface area contributed by atoms with Gasteiger partial charge in [-0.25, -0.2) is 4.79 Å². The van der Waals surface area contributed by atoms with Gasteiger partial charge in [-0.05, 0) is 67.6 Å². The smallest absolute Gasteiger partial charge is 0.338 e. The summed E-state index contributed by atoms with van der Waals surface area (Å²) in [7, 11) is 0. The molecular weight excluding hydrogens is 351 g/mol. The molecule has 1 fully saturated rings. The summed E-state index contributed by atoms with van der Waals surface area (Å²) >= 11 is 2.39. The van der Waals surface area contributed by atoms with Crippen molar-refractivity contribution in [3.05, 3.63) is 35.4 Å². The Balaban J connectivity index is 1.95. The second-order valence-electron chi connectivity index (χ2n) is 5.54. The molecule has 1 aromatic carbocycles. The van der Waals surface area contributed by atoms with Crippen LogP contribution in [0.3, 0.4) is 0 Å². The molecule has 0 unspecified atom stereocenters. The number of rotatable bonds is 5. The monoisotopic (exact) mass is 372 g/mol. The van der Waals surface area contributed by atoms with Gasteiger partial charge in [0.15, 0.2) is 0 Å². The zero-order chi connectivity index (χ0) is 13.7. The number of esters is 1. The third kappa shape index (κ3) is 4.20. The van der Waals surface area contributed by atoms with E-state index in [2.05, 4.69) is 22.6 Å². The van der Waals surface area contributed by atoms with Crippen LogP contribution < -0.4 is 0 Å². The minimum absolute atomic E-state index is 0.176. The lowest BCUT2D eigenvalue weighted by Gasteiger charge is -2.24. The maximum absolute atomic E-state index is 12.1. The molecule has 1 aliphatic carbocycles. The molecule has 0 amide bonds. The molecule has 2 rings (SSSR count). The van der Waals surface area contributed by atoms with Crippen LogP contribution in [-0.4, -0.2) is 16.0 Å². The molecule has 1 aromatic rings. The summed E-state index contributed by atoms with van der Waals surface area (Å²) in [6.45, 7) is 2.05. The SMILES string of the molecule is CC1(OC(=O)c2ccc(CCCI)cc2)CCCC1. The third-order valence-electron chi connectivity index (χ3n) is 3.79. The Morgan fingerprint density at radius 2 is 1.89 bits per heavy atom. The predicted octanol–water partition coefficient (Wildman–Crippen LogP) is 4.54. The molecule has 0 spiro atoms. The summed E-state index contributed by atoms with van der Waals surface area (Å²) in [6.07, 6.45) is 6.58. The maximum atomic E-state index is 12.1. The van der Waals surface area contributed by atoms with Crippen LogP contribution in [0, 0.1) is 0 Å². The van der Waals surface area contributed by atoms with Crippen molar-refractivity contribution in [2.24, 2.45) is 0 Å². The van der Waals surface area contributed by atoms with Gasteiger partial charge in [0, 0.05) is 0 Å². The van der Waals surface area contributed by atoms with E-state index in [0.717, 1.165) is 19.3 Å². The van der Waals surface area contributed by atoms with Crippen molar-refractivity contribution in [2.75, 3.05) is 4.43 Å². The van der Waals surface area contributed by atoms with Gasteiger partial charge >= 0.3 is 5.97 Å². The van der Waals surface area contributed by atoms with Gasteiger partial charge in [-0.2, -0.15) is 0 Å². The van der Waals surface area contributed by atoms with Crippen LogP contribution in [-0.2, 0) is 11.2 Å². The largest absolute Gasteiger partial charge is 0.456 e. The van der Waals surface area contributed by atoms with Crippen molar-refractivity contribution in [3.63, 3.8) is 0 Å². The highest BCUT2D eigenvalue weighted by molar-refractivity contribution is 14.1. The molecule has 0 atom stereocenters. The van der Waals surface area contributed by atoms with Gasteiger partial charge in [0.25, 0.3) is 0 Å². The number of halogens is 1. The van der Waals surface area contributed by atoms with E-state index in [-0.39, 0.29) is 11.6 Å². The van der Waals surface area contributed by atoms with Crippen LogP contribution in [0.15, 0.2) is 24.3 Å². The van der Waals surface area contributed by atoms with E-state index in [9.17, 15) is 4.79 Å². The topological polar surface area (TPSA) is 26.3 Å². The molecule has 0 saturated heterocycles. The molecular formula is C16H21IO2. The van der Waals surface area contributed by atoms with Crippen LogP contribution in [0.2, 0.25) is 0 Å². The summed E-state index contributed by atoms with van der Waals surface area (Å²) < 4.78 is 6.83. The minimum Gasteiger partial charge on any atom is -0.456 e. The van der Waals surface area contributed by atoms with Crippen LogP contribution in [0.1, 0.15) is 54.9 Å². The van der Waals surface area contributed by atoms with E-state index in [0.29, 0.717) is 5.56 Å². The Morgan fingerprint density at radius 3 is 2.47 bits per heavy atom. The molecule has 0 bridgehead atoms. The average molecular weight is 372 g/mol. The molecule has 0 radical (unpaired) electrons. The van der Waals surface area contributed by atoms with Gasteiger partial charge in [-0.1, -0.05) is 34.7 Å². The number of benzene rings is 1. The Morgan fingerprint density at radius 1 is 1.26 bits per heavy atom. The van der Waals surface area contributed by atoms with E-state index in [4.69, 9.17) is 4.74 Å². The highest BCUT2D eigenvalue weighted by atomic mass is 127. The molecule has 2 nitrogen and oxygen atoms in total. The normalized spacial score (nSPS) is 17.4. The Hall–Kier alpha value is -0.580. The lowest BCUT2D eigenvalue weighted by atomic mass is 10.0. The van der Waals surface area contributed by atoms with Crippen molar-refractivity contribution in [1.29, 1.82) is 0 Å². The Bertz CT molecular complexity index is 419. The molecule has 104 valence electrons. The average Bonchev–Trinajstić information content (AvgIpc) is 2.83. The van der Waals surface area contributed by atoms with Crippen molar-refractivity contribution < 1.29 is 9.53 Å². The molecule has 1 aliphatic rings. The first kappa shape index (κ1) is 14.8. The zero-order valence-corrected chi connectivity index (χ0v) is 13.6. The number of aryl methyl sites for hydroxylation is 1. The summed E-state index contributed by atoms with van der Waals surface area (Å²) in [6, 6.07) is 7.87. The first-order chi connectivity index (χ1) is 9.13. The predicted molar refractivity (Wildman–Crippen MR) is 85.9 cm³/mol. The summed E-state index contributed by atoms with van der Waals surface area (Å²) in [5.74, 6) is -0.176. The number of carbonyl (C=O) groups excluding carboxylic acids is 1. The van der Waals surface area contributed by atoms with Crippen LogP contribution in [0.5, 0.6) is 0 Å². The summed E-state index contributed by atoms with van der Waals surface area (Å²) in [5, 5.41) is 0. The standard InChI is InChI=1S/C16H21IO2/c1-16(10-2-3-11-16)19-15(18)14-8-6-13(7-9-14)5-4-12-17/h6-9H,2-5,10-12H2,1H3. The minimum atomic E-state index is -0.239. The lowest BCUT2D eigenvalue weighted by molar-refractivity contribution is -0.00608. The molecule has 0 aliphatic heterocycles. The van der Waals surface area contributed by atoms with Gasteiger partial charge in [0.05, 0.1) is 5.56 Å². The Kier molecular flexibility index (Phi) is 5.25. The second kappa shape index (κ2) is 6.73. The quantitative estimate of drug-likeness (QED) is 0.431. The van der Waals surface area contributed by atoms with Crippen LogP contribution in [0.4, 0.5) is 0 Å². The van der Waals surface area contributed by atoms with Crippen LogP contribution >= 0.6 is 22.6 Å². The van der Waals surface area contributed by atoms with E-state index in [1.54, 1.807) is 0 Å².